The highest BCUT2D eigenvalue weighted by Gasteiger charge is 2.22. The van der Waals surface area contributed by atoms with Crippen molar-refractivity contribution in [1.82, 2.24) is 9.88 Å². The second kappa shape index (κ2) is 7.90. The third-order valence-corrected chi connectivity index (χ3v) is 5.21. The number of nitrogens with one attached hydrogen (secondary N) is 1. The van der Waals surface area contributed by atoms with Crippen molar-refractivity contribution in [3.63, 3.8) is 0 Å². The first-order valence-electron chi connectivity index (χ1n) is 9.44. The molecule has 2 aromatic carbocycles. The van der Waals surface area contributed by atoms with Crippen LogP contribution in [0.2, 0.25) is 0 Å². The van der Waals surface area contributed by atoms with Crippen LogP contribution in [-0.2, 0) is 11.2 Å². The van der Waals surface area contributed by atoms with Crippen LogP contribution in [-0.4, -0.2) is 56.2 Å². The molecule has 4 rings (SSSR count). The van der Waals surface area contributed by atoms with Gasteiger partial charge in [-0.3, -0.25) is 9.78 Å². The van der Waals surface area contributed by atoms with E-state index in [9.17, 15) is 9.59 Å². The number of H-pyrrole nitrogens is 1. The number of hydrogen-bond donors (Lipinski definition) is 1. The van der Waals surface area contributed by atoms with Gasteiger partial charge in [0, 0.05) is 37.9 Å². The van der Waals surface area contributed by atoms with Gasteiger partial charge in [-0.2, -0.15) is 0 Å². The fourth-order valence-electron chi connectivity index (χ4n) is 3.62. The van der Waals surface area contributed by atoms with E-state index in [4.69, 9.17) is 13.9 Å². The molecule has 0 unspecified atom stereocenters. The summed E-state index contributed by atoms with van der Waals surface area (Å²) in [7, 11) is 3.17. The summed E-state index contributed by atoms with van der Waals surface area (Å²) < 4.78 is 15.7. The second-order valence-corrected chi connectivity index (χ2v) is 6.93. The lowest BCUT2D eigenvalue weighted by atomic mass is 10.1. The number of benzene rings is 2. The first-order chi connectivity index (χ1) is 14.1. The Hall–Kier alpha value is -3.42. The highest BCUT2D eigenvalue weighted by atomic mass is 16.5. The molecule has 152 valence electrons. The zero-order valence-corrected chi connectivity index (χ0v) is 16.4. The zero-order valence-electron chi connectivity index (χ0n) is 16.4. The van der Waals surface area contributed by atoms with E-state index in [1.165, 1.54) is 0 Å². The monoisotopic (exact) mass is 397 g/mol. The maximum atomic E-state index is 12.7. The maximum absolute atomic E-state index is 12.7. The van der Waals surface area contributed by atoms with Gasteiger partial charge in [0.25, 0.3) is 0 Å². The maximum Gasteiger partial charge on any atom is 0.417 e. The Bertz CT molecular complexity index is 1080. The van der Waals surface area contributed by atoms with Gasteiger partial charge in [-0.05, 0) is 29.8 Å². The molecule has 29 heavy (non-hydrogen) atoms. The second-order valence-electron chi connectivity index (χ2n) is 6.93. The van der Waals surface area contributed by atoms with Gasteiger partial charge >= 0.3 is 5.76 Å². The number of methoxy groups -OCH3 is 2. The number of fused-ring (bicyclic) bond motifs is 1. The largest absolute Gasteiger partial charge is 0.493 e. The van der Waals surface area contributed by atoms with Crippen molar-refractivity contribution < 1.29 is 18.7 Å². The van der Waals surface area contributed by atoms with Gasteiger partial charge in [0.2, 0.25) is 5.91 Å². The Kier molecular flexibility index (Phi) is 5.16. The standard InChI is InChI=1S/C21H23N3O5/c1-27-17-6-3-14(11-19(17)28-2)12-20(25)24-9-7-23(8-10-24)15-4-5-16-18(13-15)29-21(26)22-16/h3-6,11,13H,7-10,12H2,1-2H3,(H,22,26). The molecule has 1 aromatic heterocycles. The number of rotatable bonds is 5. The first kappa shape index (κ1) is 18.9. The Labute approximate surface area is 167 Å². The van der Waals surface area contributed by atoms with Gasteiger partial charge in [-0.25, -0.2) is 4.79 Å². The Morgan fingerprint density at radius 1 is 1.03 bits per heavy atom. The average Bonchev–Trinajstić information content (AvgIpc) is 3.12. The number of aromatic amines is 1. The predicted molar refractivity (Wildman–Crippen MR) is 109 cm³/mol. The topological polar surface area (TPSA) is 88.0 Å². The molecule has 1 N–H and O–H groups in total. The van der Waals surface area contributed by atoms with Crippen molar-refractivity contribution >= 4 is 22.7 Å². The fourth-order valence-corrected chi connectivity index (χ4v) is 3.62. The number of carbonyl (C=O) groups is 1. The smallest absolute Gasteiger partial charge is 0.417 e. The van der Waals surface area contributed by atoms with Crippen molar-refractivity contribution in [1.29, 1.82) is 0 Å². The number of piperazine rings is 1. The molecule has 1 amide bonds. The minimum Gasteiger partial charge on any atom is -0.493 e. The summed E-state index contributed by atoms with van der Waals surface area (Å²) in [5, 5.41) is 0. The van der Waals surface area contributed by atoms with Crippen LogP contribution in [0.15, 0.2) is 45.6 Å². The average molecular weight is 397 g/mol. The van der Waals surface area contributed by atoms with Crippen LogP contribution in [0.4, 0.5) is 5.69 Å². The van der Waals surface area contributed by atoms with Crippen molar-refractivity contribution in [2.24, 2.45) is 0 Å². The van der Waals surface area contributed by atoms with Crippen LogP contribution < -0.4 is 20.1 Å². The van der Waals surface area contributed by atoms with Crippen molar-refractivity contribution in [2.75, 3.05) is 45.3 Å². The molecule has 2 heterocycles. The molecule has 8 nitrogen and oxygen atoms in total. The van der Waals surface area contributed by atoms with Gasteiger partial charge in [-0.15, -0.1) is 0 Å². The van der Waals surface area contributed by atoms with Crippen molar-refractivity contribution in [2.45, 2.75) is 6.42 Å². The van der Waals surface area contributed by atoms with Crippen molar-refractivity contribution in [3.8, 4) is 11.5 Å². The normalized spacial score (nSPS) is 14.3. The highest BCUT2D eigenvalue weighted by Crippen LogP contribution is 2.28. The lowest BCUT2D eigenvalue weighted by Crippen LogP contribution is -2.49. The van der Waals surface area contributed by atoms with Gasteiger partial charge in [0.05, 0.1) is 26.2 Å². The molecule has 0 saturated carbocycles. The summed E-state index contributed by atoms with van der Waals surface area (Å²) in [5.41, 5.74) is 3.09. The van der Waals surface area contributed by atoms with Gasteiger partial charge in [0.15, 0.2) is 17.1 Å². The van der Waals surface area contributed by atoms with E-state index in [-0.39, 0.29) is 5.91 Å². The third-order valence-electron chi connectivity index (χ3n) is 5.21. The van der Waals surface area contributed by atoms with E-state index >= 15 is 0 Å². The summed E-state index contributed by atoms with van der Waals surface area (Å²) in [6, 6.07) is 11.2. The number of aromatic nitrogens is 1. The molecule has 8 heteroatoms. The summed E-state index contributed by atoms with van der Waals surface area (Å²) in [4.78, 5) is 30.8. The highest BCUT2D eigenvalue weighted by molar-refractivity contribution is 5.80. The van der Waals surface area contributed by atoms with E-state index in [0.717, 1.165) is 24.3 Å². The molecular formula is C21H23N3O5. The van der Waals surface area contributed by atoms with Crippen molar-refractivity contribution in [3.05, 3.63) is 52.5 Å². The van der Waals surface area contributed by atoms with Crippen LogP contribution in [0.25, 0.3) is 11.1 Å². The molecule has 1 aliphatic heterocycles. The molecular weight excluding hydrogens is 374 g/mol. The molecule has 1 saturated heterocycles. The zero-order chi connectivity index (χ0) is 20.4. The summed E-state index contributed by atoms with van der Waals surface area (Å²) in [6.07, 6.45) is 0.320. The molecule has 0 aliphatic carbocycles. The molecule has 0 atom stereocenters. The lowest BCUT2D eigenvalue weighted by molar-refractivity contribution is -0.130. The van der Waals surface area contributed by atoms with Crippen LogP contribution in [0.3, 0.4) is 0 Å². The molecule has 1 aliphatic rings. The number of carbonyl (C=O) groups excluding carboxylic acids is 1. The van der Waals surface area contributed by atoms with Crippen LogP contribution >= 0.6 is 0 Å². The number of ether oxygens (including phenoxy) is 2. The number of amides is 1. The van der Waals surface area contributed by atoms with E-state index in [0.29, 0.717) is 42.1 Å². The summed E-state index contributed by atoms with van der Waals surface area (Å²) >= 11 is 0. The molecule has 0 bridgehead atoms. The van der Waals surface area contributed by atoms with Gasteiger partial charge < -0.3 is 23.7 Å². The van der Waals surface area contributed by atoms with Crippen LogP contribution in [0.1, 0.15) is 5.56 Å². The SMILES string of the molecule is COc1ccc(CC(=O)N2CCN(c3ccc4[nH]c(=O)oc4c3)CC2)cc1OC. The minimum atomic E-state index is -0.456. The molecule has 0 radical (unpaired) electrons. The van der Waals surface area contributed by atoms with E-state index in [2.05, 4.69) is 9.88 Å². The van der Waals surface area contributed by atoms with Crippen LogP contribution in [0.5, 0.6) is 11.5 Å². The number of hydrogen-bond acceptors (Lipinski definition) is 6. The number of anilines is 1. The quantitative estimate of drug-likeness (QED) is 0.709. The lowest BCUT2D eigenvalue weighted by Gasteiger charge is -2.36. The molecule has 0 spiro atoms. The molecule has 1 fully saturated rings. The van der Waals surface area contributed by atoms with E-state index < -0.39 is 5.76 Å². The van der Waals surface area contributed by atoms with E-state index in [1.54, 1.807) is 14.2 Å². The third kappa shape index (κ3) is 3.91. The van der Waals surface area contributed by atoms with Crippen LogP contribution in [0, 0.1) is 0 Å². The van der Waals surface area contributed by atoms with Gasteiger partial charge in [-0.1, -0.05) is 6.07 Å². The van der Waals surface area contributed by atoms with Gasteiger partial charge in [0.1, 0.15) is 0 Å². The Balaban J connectivity index is 1.38. The summed E-state index contributed by atoms with van der Waals surface area (Å²) in [5.74, 6) is 0.897. The predicted octanol–water partition coefficient (Wildman–Crippen LogP) is 2.03. The fraction of sp³-hybridized carbons (Fsp3) is 0.333. The summed E-state index contributed by atoms with van der Waals surface area (Å²) in [6.45, 7) is 2.72. The Morgan fingerprint density at radius 3 is 2.52 bits per heavy atom. The van der Waals surface area contributed by atoms with E-state index in [1.807, 2.05) is 41.3 Å². The first-order valence-corrected chi connectivity index (χ1v) is 9.44. The number of nitrogens with zero attached hydrogens (tertiary/aromatic N) is 2. The minimum absolute atomic E-state index is 0.0870. The Morgan fingerprint density at radius 2 is 1.79 bits per heavy atom. The molecule has 3 aromatic rings. The number of oxazole rings is 1.